The molecule has 4 rings (SSSR count). The fourth-order valence-corrected chi connectivity index (χ4v) is 4.18. The molecule has 0 aromatic heterocycles. The van der Waals surface area contributed by atoms with Crippen molar-refractivity contribution < 1.29 is 4.79 Å². The second-order valence-corrected chi connectivity index (χ2v) is 7.56. The van der Waals surface area contributed by atoms with E-state index >= 15 is 0 Å². The SMILES string of the molecule is Cc1cc(C)c(C(=O)c2c(-c3ccccc3)cccc2-c2ccccc2)c(C)c1. The summed E-state index contributed by atoms with van der Waals surface area (Å²) in [4.78, 5) is 14.0. The lowest BCUT2D eigenvalue weighted by Crippen LogP contribution is -2.10. The Balaban J connectivity index is 2.02. The first-order valence-corrected chi connectivity index (χ1v) is 9.92. The van der Waals surface area contributed by atoms with Crippen LogP contribution in [0, 0.1) is 20.8 Å². The minimum Gasteiger partial charge on any atom is -0.289 e. The largest absolute Gasteiger partial charge is 0.289 e. The highest BCUT2D eigenvalue weighted by Crippen LogP contribution is 2.35. The van der Waals surface area contributed by atoms with Crippen LogP contribution in [0.25, 0.3) is 22.3 Å². The van der Waals surface area contributed by atoms with Crippen LogP contribution in [0.4, 0.5) is 0 Å². The van der Waals surface area contributed by atoms with Crippen molar-refractivity contribution >= 4 is 5.78 Å². The first-order valence-electron chi connectivity index (χ1n) is 9.92. The second-order valence-electron chi connectivity index (χ2n) is 7.56. The summed E-state index contributed by atoms with van der Waals surface area (Å²) < 4.78 is 0. The molecule has 29 heavy (non-hydrogen) atoms. The molecule has 4 aromatic rings. The van der Waals surface area contributed by atoms with E-state index in [-0.39, 0.29) is 5.78 Å². The third-order valence-electron chi connectivity index (χ3n) is 5.37. The minimum absolute atomic E-state index is 0.0818. The van der Waals surface area contributed by atoms with Crippen LogP contribution in [-0.4, -0.2) is 5.78 Å². The standard InChI is InChI=1S/C28H24O/c1-19-17-20(2)26(21(3)18-19)28(29)27-24(22-11-6-4-7-12-22)15-10-16-25(27)23-13-8-5-9-14-23/h4-18H,1-3H3. The molecule has 0 atom stereocenters. The van der Waals surface area contributed by atoms with Crippen molar-refractivity contribution in [1.29, 1.82) is 0 Å². The molecule has 0 N–H and O–H groups in total. The van der Waals surface area contributed by atoms with Gasteiger partial charge in [0.15, 0.2) is 5.78 Å². The Bertz CT molecular complexity index is 1090. The summed E-state index contributed by atoms with van der Waals surface area (Å²) in [5, 5.41) is 0. The quantitative estimate of drug-likeness (QED) is 0.345. The maximum Gasteiger partial charge on any atom is 0.194 e. The molecule has 0 spiro atoms. The van der Waals surface area contributed by atoms with Gasteiger partial charge >= 0.3 is 0 Å². The number of benzene rings is 4. The summed E-state index contributed by atoms with van der Waals surface area (Å²) in [6, 6.07) is 30.6. The first-order chi connectivity index (χ1) is 14.1. The van der Waals surface area contributed by atoms with E-state index in [1.165, 1.54) is 5.56 Å². The smallest absolute Gasteiger partial charge is 0.194 e. The molecule has 1 heteroatoms. The van der Waals surface area contributed by atoms with Crippen molar-refractivity contribution in [3.63, 3.8) is 0 Å². The number of hydrogen-bond acceptors (Lipinski definition) is 1. The highest BCUT2D eigenvalue weighted by molar-refractivity contribution is 6.18. The molecule has 142 valence electrons. The van der Waals surface area contributed by atoms with Crippen LogP contribution in [0.3, 0.4) is 0 Å². The van der Waals surface area contributed by atoms with Crippen molar-refractivity contribution in [3.05, 3.63) is 119 Å². The van der Waals surface area contributed by atoms with Gasteiger partial charge in [0, 0.05) is 11.1 Å². The fraction of sp³-hybridized carbons (Fsp3) is 0.107. The van der Waals surface area contributed by atoms with Gasteiger partial charge in [-0.05, 0) is 54.2 Å². The summed E-state index contributed by atoms with van der Waals surface area (Å²) in [6.07, 6.45) is 0. The van der Waals surface area contributed by atoms with Gasteiger partial charge in [0.25, 0.3) is 0 Å². The first kappa shape index (κ1) is 18.9. The maximum absolute atomic E-state index is 14.0. The second kappa shape index (κ2) is 7.89. The molecular weight excluding hydrogens is 352 g/mol. The van der Waals surface area contributed by atoms with Crippen LogP contribution < -0.4 is 0 Å². The molecule has 0 aliphatic heterocycles. The molecule has 0 fully saturated rings. The fourth-order valence-electron chi connectivity index (χ4n) is 4.18. The van der Waals surface area contributed by atoms with Gasteiger partial charge in [-0.1, -0.05) is 96.6 Å². The third kappa shape index (κ3) is 3.64. The highest BCUT2D eigenvalue weighted by Gasteiger charge is 2.22. The van der Waals surface area contributed by atoms with Gasteiger partial charge in [0.1, 0.15) is 0 Å². The lowest BCUT2D eigenvalue weighted by molar-refractivity contribution is 0.103. The maximum atomic E-state index is 14.0. The molecule has 0 radical (unpaired) electrons. The zero-order valence-electron chi connectivity index (χ0n) is 17.1. The van der Waals surface area contributed by atoms with Gasteiger partial charge in [-0.2, -0.15) is 0 Å². The van der Waals surface area contributed by atoms with Gasteiger partial charge in [0.2, 0.25) is 0 Å². The van der Waals surface area contributed by atoms with Crippen LogP contribution in [0.2, 0.25) is 0 Å². The molecule has 0 saturated heterocycles. The van der Waals surface area contributed by atoms with Crippen molar-refractivity contribution in [2.45, 2.75) is 20.8 Å². The number of rotatable bonds is 4. The highest BCUT2D eigenvalue weighted by atomic mass is 16.1. The Morgan fingerprint density at radius 2 is 1.00 bits per heavy atom. The Kier molecular flexibility index (Phi) is 5.14. The van der Waals surface area contributed by atoms with Crippen LogP contribution in [0.15, 0.2) is 91.0 Å². The molecule has 0 heterocycles. The molecule has 4 aromatic carbocycles. The molecule has 0 unspecified atom stereocenters. The molecule has 0 saturated carbocycles. The summed E-state index contributed by atoms with van der Waals surface area (Å²) in [7, 11) is 0. The third-order valence-corrected chi connectivity index (χ3v) is 5.37. The molecule has 0 aliphatic carbocycles. The van der Waals surface area contributed by atoms with E-state index in [0.29, 0.717) is 0 Å². The van der Waals surface area contributed by atoms with E-state index in [9.17, 15) is 4.79 Å². The Morgan fingerprint density at radius 1 is 0.552 bits per heavy atom. The van der Waals surface area contributed by atoms with E-state index in [0.717, 1.165) is 44.5 Å². The Labute approximate surface area is 172 Å². The average molecular weight is 376 g/mol. The van der Waals surface area contributed by atoms with Crippen molar-refractivity contribution in [3.8, 4) is 22.3 Å². The van der Waals surface area contributed by atoms with Gasteiger partial charge in [0.05, 0.1) is 0 Å². The summed E-state index contributed by atoms with van der Waals surface area (Å²) in [5.74, 6) is 0.0818. The van der Waals surface area contributed by atoms with Crippen LogP contribution in [-0.2, 0) is 0 Å². The van der Waals surface area contributed by atoms with Crippen molar-refractivity contribution in [1.82, 2.24) is 0 Å². The number of aryl methyl sites for hydroxylation is 3. The normalized spacial score (nSPS) is 10.7. The van der Waals surface area contributed by atoms with Crippen LogP contribution in [0.1, 0.15) is 32.6 Å². The molecule has 1 nitrogen and oxygen atoms in total. The van der Waals surface area contributed by atoms with E-state index in [4.69, 9.17) is 0 Å². The van der Waals surface area contributed by atoms with Crippen molar-refractivity contribution in [2.75, 3.05) is 0 Å². The molecule has 0 amide bonds. The lowest BCUT2D eigenvalue weighted by Gasteiger charge is -2.17. The van der Waals surface area contributed by atoms with E-state index in [1.807, 2.05) is 68.4 Å². The van der Waals surface area contributed by atoms with Crippen LogP contribution >= 0.6 is 0 Å². The van der Waals surface area contributed by atoms with Gasteiger partial charge < -0.3 is 0 Å². The van der Waals surface area contributed by atoms with Gasteiger partial charge in [-0.25, -0.2) is 0 Å². The van der Waals surface area contributed by atoms with Crippen molar-refractivity contribution in [2.24, 2.45) is 0 Å². The molecular formula is C28H24O. The zero-order valence-corrected chi connectivity index (χ0v) is 17.1. The number of hydrogen-bond donors (Lipinski definition) is 0. The van der Waals surface area contributed by atoms with Gasteiger partial charge in [-0.15, -0.1) is 0 Å². The predicted octanol–water partition coefficient (Wildman–Crippen LogP) is 7.18. The average Bonchev–Trinajstić information content (AvgIpc) is 2.73. The monoisotopic (exact) mass is 376 g/mol. The summed E-state index contributed by atoms with van der Waals surface area (Å²) in [5.41, 5.74) is 8.83. The van der Waals surface area contributed by atoms with E-state index < -0.39 is 0 Å². The number of carbonyl (C=O) groups excluding carboxylic acids is 1. The molecule has 0 aliphatic rings. The zero-order chi connectivity index (χ0) is 20.4. The van der Waals surface area contributed by atoms with E-state index in [2.05, 4.69) is 43.3 Å². The lowest BCUT2D eigenvalue weighted by atomic mass is 9.85. The van der Waals surface area contributed by atoms with E-state index in [1.54, 1.807) is 0 Å². The number of carbonyl (C=O) groups is 1. The topological polar surface area (TPSA) is 17.1 Å². The number of ketones is 1. The Hall–Kier alpha value is -3.45. The van der Waals surface area contributed by atoms with Gasteiger partial charge in [-0.3, -0.25) is 4.79 Å². The minimum atomic E-state index is 0.0818. The predicted molar refractivity (Wildman–Crippen MR) is 121 cm³/mol. The summed E-state index contributed by atoms with van der Waals surface area (Å²) >= 11 is 0. The van der Waals surface area contributed by atoms with Crippen LogP contribution in [0.5, 0.6) is 0 Å². The Morgan fingerprint density at radius 3 is 1.45 bits per heavy atom. The molecule has 0 bridgehead atoms. The summed E-state index contributed by atoms with van der Waals surface area (Å²) in [6.45, 7) is 6.13.